The third-order valence-corrected chi connectivity index (χ3v) is 3.80. The van der Waals surface area contributed by atoms with Crippen molar-refractivity contribution in [2.24, 2.45) is 0 Å². The molecular weight excluding hydrogens is 324 g/mol. The number of hydrogen-bond donors (Lipinski definition) is 2. The average Bonchev–Trinajstić information content (AvgIpc) is 3.07. The van der Waals surface area contributed by atoms with Gasteiger partial charge in [0.25, 0.3) is 0 Å². The number of carbonyl (C=O) groups excluding carboxylic acids is 1. The number of amides is 2. The number of hydrogen-bond acceptors (Lipinski definition) is 2. The summed E-state index contributed by atoms with van der Waals surface area (Å²) in [5.41, 5.74) is 3.60. The molecule has 2 N–H and O–H groups in total. The summed E-state index contributed by atoms with van der Waals surface area (Å²) in [5, 5.41) is 10.3. The van der Waals surface area contributed by atoms with Crippen molar-refractivity contribution >= 4 is 23.3 Å². The van der Waals surface area contributed by atoms with Crippen molar-refractivity contribution in [1.29, 1.82) is 0 Å². The minimum atomic E-state index is -0.278. The number of halogens is 1. The molecular formula is C18H17ClN4O. The standard InChI is InChI=1S/C18H17ClN4O/c1-13-4-2-5-14(10-13)12-20-18(24)22-15-6-7-17(16(19)11-15)23-9-3-8-21-23/h2-11H,12H2,1H3,(H2,20,22,24). The van der Waals surface area contributed by atoms with E-state index in [2.05, 4.69) is 15.7 Å². The summed E-state index contributed by atoms with van der Waals surface area (Å²) >= 11 is 6.26. The van der Waals surface area contributed by atoms with E-state index in [9.17, 15) is 4.79 Å². The monoisotopic (exact) mass is 340 g/mol. The summed E-state index contributed by atoms with van der Waals surface area (Å²) in [6, 6.07) is 14.8. The van der Waals surface area contributed by atoms with Crippen LogP contribution in [0.25, 0.3) is 5.69 Å². The molecule has 3 rings (SSSR count). The van der Waals surface area contributed by atoms with Gasteiger partial charge in [0.1, 0.15) is 0 Å². The minimum Gasteiger partial charge on any atom is -0.334 e. The van der Waals surface area contributed by atoms with Crippen molar-refractivity contribution in [2.45, 2.75) is 13.5 Å². The molecule has 0 saturated carbocycles. The van der Waals surface area contributed by atoms with Crippen LogP contribution in [0.5, 0.6) is 0 Å². The van der Waals surface area contributed by atoms with Gasteiger partial charge >= 0.3 is 6.03 Å². The number of benzene rings is 2. The van der Waals surface area contributed by atoms with Crippen LogP contribution in [-0.4, -0.2) is 15.8 Å². The Morgan fingerprint density at radius 2 is 2.08 bits per heavy atom. The molecule has 0 aliphatic rings. The lowest BCUT2D eigenvalue weighted by Gasteiger charge is -2.10. The lowest BCUT2D eigenvalue weighted by molar-refractivity contribution is 0.251. The van der Waals surface area contributed by atoms with Crippen LogP contribution in [-0.2, 0) is 6.54 Å². The highest BCUT2D eigenvalue weighted by molar-refractivity contribution is 6.32. The van der Waals surface area contributed by atoms with Gasteiger partial charge in [-0.3, -0.25) is 0 Å². The van der Waals surface area contributed by atoms with Gasteiger partial charge < -0.3 is 10.6 Å². The second-order valence-corrected chi connectivity index (χ2v) is 5.82. The molecule has 122 valence electrons. The molecule has 0 saturated heterocycles. The first kappa shape index (κ1) is 16.1. The summed E-state index contributed by atoms with van der Waals surface area (Å²) < 4.78 is 1.67. The molecule has 1 aromatic heterocycles. The van der Waals surface area contributed by atoms with Crippen LogP contribution in [0.3, 0.4) is 0 Å². The zero-order valence-corrected chi connectivity index (χ0v) is 13.9. The molecule has 24 heavy (non-hydrogen) atoms. The van der Waals surface area contributed by atoms with Crippen LogP contribution in [0, 0.1) is 6.92 Å². The topological polar surface area (TPSA) is 59.0 Å². The Hall–Kier alpha value is -2.79. The van der Waals surface area contributed by atoms with Crippen LogP contribution in [0.1, 0.15) is 11.1 Å². The fourth-order valence-corrected chi connectivity index (χ4v) is 2.63. The van der Waals surface area contributed by atoms with E-state index < -0.39 is 0 Å². The second-order valence-electron chi connectivity index (χ2n) is 5.41. The van der Waals surface area contributed by atoms with E-state index in [1.807, 2.05) is 49.5 Å². The Balaban J connectivity index is 1.61. The fourth-order valence-electron chi connectivity index (χ4n) is 2.36. The zero-order valence-electron chi connectivity index (χ0n) is 13.2. The van der Waals surface area contributed by atoms with E-state index in [4.69, 9.17) is 11.6 Å². The number of nitrogens with one attached hydrogen (secondary N) is 2. The smallest absolute Gasteiger partial charge is 0.319 e. The number of aryl methyl sites for hydroxylation is 1. The van der Waals surface area contributed by atoms with Gasteiger partial charge in [-0.1, -0.05) is 41.4 Å². The Labute approximate surface area is 145 Å². The third kappa shape index (κ3) is 3.94. The average molecular weight is 341 g/mol. The van der Waals surface area contributed by atoms with Crippen molar-refractivity contribution in [3.8, 4) is 5.69 Å². The van der Waals surface area contributed by atoms with Gasteiger partial charge in [-0.25, -0.2) is 9.48 Å². The van der Waals surface area contributed by atoms with Gasteiger partial charge in [-0.05, 0) is 36.8 Å². The third-order valence-electron chi connectivity index (χ3n) is 3.49. The summed E-state index contributed by atoms with van der Waals surface area (Å²) in [5.74, 6) is 0. The van der Waals surface area contributed by atoms with Gasteiger partial charge in [-0.15, -0.1) is 0 Å². The highest BCUT2D eigenvalue weighted by Gasteiger charge is 2.07. The summed E-state index contributed by atoms with van der Waals surface area (Å²) in [7, 11) is 0. The second kappa shape index (κ2) is 7.19. The van der Waals surface area contributed by atoms with E-state index in [0.717, 1.165) is 16.8 Å². The first-order valence-corrected chi connectivity index (χ1v) is 7.89. The van der Waals surface area contributed by atoms with Gasteiger partial charge in [0.15, 0.2) is 0 Å². The largest absolute Gasteiger partial charge is 0.334 e. The van der Waals surface area contributed by atoms with Gasteiger partial charge in [0.05, 0.1) is 10.7 Å². The predicted octanol–water partition coefficient (Wildman–Crippen LogP) is 4.16. The van der Waals surface area contributed by atoms with Crippen LogP contribution in [0.15, 0.2) is 60.9 Å². The molecule has 3 aromatic rings. The number of anilines is 1. The zero-order chi connectivity index (χ0) is 16.9. The molecule has 6 heteroatoms. The first-order valence-electron chi connectivity index (χ1n) is 7.52. The summed E-state index contributed by atoms with van der Waals surface area (Å²) in [6.07, 6.45) is 3.49. The predicted molar refractivity (Wildman–Crippen MR) is 95.6 cm³/mol. The Morgan fingerprint density at radius 1 is 1.21 bits per heavy atom. The van der Waals surface area contributed by atoms with Gasteiger partial charge in [-0.2, -0.15) is 5.10 Å². The van der Waals surface area contributed by atoms with Crippen molar-refractivity contribution in [1.82, 2.24) is 15.1 Å². The Bertz CT molecular complexity index is 846. The van der Waals surface area contributed by atoms with Crippen LogP contribution in [0.4, 0.5) is 10.5 Å². The summed E-state index contributed by atoms with van der Waals surface area (Å²) in [4.78, 5) is 12.0. The molecule has 0 bridgehead atoms. The SMILES string of the molecule is Cc1cccc(CNC(=O)Nc2ccc(-n3cccn3)c(Cl)c2)c1. The number of aromatic nitrogens is 2. The lowest BCUT2D eigenvalue weighted by Crippen LogP contribution is -2.28. The molecule has 1 heterocycles. The maximum atomic E-state index is 12.0. The molecule has 0 fully saturated rings. The number of urea groups is 1. The first-order chi connectivity index (χ1) is 11.6. The number of rotatable bonds is 4. The van der Waals surface area contributed by atoms with Crippen LogP contribution >= 0.6 is 11.6 Å². The van der Waals surface area contributed by atoms with Crippen LogP contribution in [0.2, 0.25) is 5.02 Å². The van der Waals surface area contributed by atoms with E-state index >= 15 is 0 Å². The van der Waals surface area contributed by atoms with E-state index in [1.54, 1.807) is 23.0 Å². The maximum Gasteiger partial charge on any atom is 0.319 e. The Morgan fingerprint density at radius 3 is 2.79 bits per heavy atom. The van der Waals surface area contributed by atoms with Crippen molar-refractivity contribution in [2.75, 3.05) is 5.32 Å². The molecule has 0 aliphatic carbocycles. The highest BCUT2D eigenvalue weighted by Crippen LogP contribution is 2.23. The maximum absolute atomic E-state index is 12.0. The van der Waals surface area contributed by atoms with Crippen molar-refractivity contribution in [3.05, 3.63) is 77.1 Å². The molecule has 0 atom stereocenters. The lowest BCUT2D eigenvalue weighted by atomic mass is 10.1. The normalized spacial score (nSPS) is 10.4. The van der Waals surface area contributed by atoms with Gasteiger partial charge in [0, 0.05) is 24.6 Å². The Kier molecular flexibility index (Phi) is 4.82. The van der Waals surface area contributed by atoms with Gasteiger partial charge in [0.2, 0.25) is 0 Å². The molecule has 0 radical (unpaired) electrons. The van der Waals surface area contributed by atoms with Crippen molar-refractivity contribution < 1.29 is 4.79 Å². The van der Waals surface area contributed by atoms with Crippen LogP contribution < -0.4 is 10.6 Å². The number of carbonyl (C=O) groups is 1. The minimum absolute atomic E-state index is 0.278. The quantitative estimate of drug-likeness (QED) is 0.749. The van der Waals surface area contributed by atoms with E-state index in [1.165, 1.54) is 0 Å². The highest BCUT2D eigenvalue weighted by atomic mass is 35.5. The summed E-state index contributed by atoms with van der Waals surface area (Å²) in [6.45, 7) is 2.49. The molecule has 0 unspecified atom stereocenters. The molecule has 0 spiro atoms. The molecule has 2 amide bonds. The number of nitrogens with zero attached hydrogens (tertiary/aromatic N) is 2. The molecule has 0 aliphatic heterocycles. The van der Waals surface area contributed by atoms with Crippen molar-refractivity contribution in [3.63, 3.8) is 0 Å². The molecule has 2 aromatic carbocycles. The molecule has 5 nitrogen and oxygen atoms in total. The fraction of sp³-hybridized carbons (Fsp3) is 0.111. The van der Waals surface area contributed by atoms with E-state index in [0.29, 0.717) is 17.3 Å². The van der Waals surface area contributed by atoms with E-state index in [-0.39, 0.29) is 6.03 Å².